The summed E-state index contributed by atoms with van der Waals surface area (Å²) in [4.78, 5) is 32.3. The minimum atomic E-state index is -0.313. The van der Waals surface area contributed by atoms with Crippen molar-refractivity contribution in [1.29, 1.82) is 0 Å². The Labute approximate surface area is 163 Å². The molecule has 1 aromatic carbocycles. The number of hydrogen-bond donors (Lipinski definition) is 2. The summed E-state index contributed by atoms with van der Waals surface area (Å²) in [5.74, 6) is 0.148. The van der Waals surface area contributed by atoms with Crippen molar-refractivity contribution in [2.45, 2.75) is 31.7 Å². The van der Waals surface area contributed by atoms with Gasteiger partial charge in [-0.3, -0.25) is 9.59 Å². The van der Waals surface area contributed by atoms with Gasteiger partial charge in [-0.2, -0.15) is 0 Å². The lowest BCUT2D eigenvalue weighted by atomic mass is 9.97. The number of carbonyl (C=O) groups excluding carboxylic acids is 2. The molecular formula is C20H24N4O2S. The summed E-state index contributed by atoms with van der Waals surface area (Å²) < 4.78 is 0. The van der Waals surface area contributed by atoms with Gasteiger partial charge in [-0.1, -0.05) is 30.3 Å². The smallest absolute Gasteiger partial charge is 0.231 e. The van der Waals surface area contributed by atoms with Gasteiger partial charge >= 0.3 is 0 Å². The predicted molar refractivity (Wildman–Crippen MR) is 106 cm³/mol. The Bertz CT molecular complexity index is 801. The lowest BCUT2D eigenvalue weighted by molar-refractivity contribution is -0.128. The van der Waals surface area contributed by atoms with Gasteiger partial charge in [-0.25, -0.2) is 4.98 Å². The Morgan fingerprint density at radius 1 is 1.26 bits per heavy atom. The minimum Gasteiger partial charge on any atom is -0.338 e. The van der Waals surface area contributed by atoms with Gasteiger partial charge in [-0.05, 0) is 37.4 Å². The number of thiazole rings is 1. The summed E-state index contributed by atoms with van der Waals surface area (Å²) in [5.41, 5.74) is 1.08. The predicted octanol–water partition coefficient (Wildman–Crippen LogP) is 2.60. The zero-order chi connectivity index (χ0) is 18.6. The van der Waals surface area contributed by atoms with Crippen molar-refractivity contribution in [1.82, 2.24) is 15.2 Å². The summed E-state index contributed by atoms with van der Waals surface area (Å²) in [6.45, 7) is 3.09. The van der Waals surface area contributed by atoms with Crippen LogP contribution in [-0.4, -0.2) is 41.3 Å². The Balaban J connectivity index is 1.33. The van der Waals surface area contributed by atoms with Gasteiger partial charge in [0.05, 0.1) is 5.92 Å². The number of likely N-dealkylation sites (tertiary alicyclic amines) is 1. The van der Waals surface area contributed by atoms with Crippen LogP contribution in [0.2, 0.25) is 0 Å². The van der Waals surface area contributed by atoms with Gasteiger partial charge < -0.3 is 15.5 Å². The maximum atomic E-state index is 12.6. The molecule has 0 radical (unpaired) electrons. The normalized spacial score (nSPS) is 20.8. The van der Waals surface area contributed by atoms with Gasteiger partial charge in [0.1, 0.15) is 0 Å². The molecule has 1 aromatic heterocycles. The number of rotatable bonds is 5. The molecule has 2 fully saturated rings. The molecule has 27 heavy (non-hydrogen) atoms. The van der Waals surface area contributed by atoms with Crippen LogP contribution in [0.4, 0.5) is 5.13 Å². The van der Waals surface area contributed by atoms with Gasteiger partial charge in [-0.15, -0.1) is 11.3 Å². The van der Waals surface area contributed by atoms with Crippen LogP contribution < -0.4 is 10.6 Å². The molecule has 0 spiro atoms. The molecule has 2 saturated heterocycles. The third kappa shape index (κ3) is 4.36. The van der Waals surface area contributed by atoms with Crippen molar-refractivity contribution in [3.8, 4) is 0 Å². The first kappa shape index (κ1) is 18.1. The average Bonchev–Trinajstić information content (AvgIpc) is 3.30. The highest BCUT2D eigenvalue weighted by Crippen LogP contribution is 2.32. The van der Waals surface area contributed by atoms with Crippen LogP contribution in [0.1, 0.15) is 35.6 Å². The average molecular weight is 385 g/mol. The van der Waals surface area contributed by atoms with E-state index in [-0.39, 0.29) is 24.2 Å². The van der Waals surface area contributed by atoms with E-state index < -0.39 is 0 Å². The number of piperidine rings is 1. The highest BCUT2D eigenvalue weighted by Gasteiger charge is 2.34. The minimum absolute atomic E-state index is 0.0357. The number of nitrogens with one attached hydrogen (secondary N) is 2. The van der Waals surface area contributed by atoms with Crippen molar-refractivity contribution in [2.75, 3.05) is 25.0 Å². The molecule has 2 amide bonds. The van der Waals surface area contributed by atoms with E-state index in [0.717, 1.165) is 31.5 Å². The van der Waals surface area contributed by atoms with Crippen LogP contribution in [0.3, 0.4) is 0 Å². The molecular weight excluding hydrogens is 360 g/mol. The molecule has 0 bridgehead atoms. The number of anilines is 1. The van der Waals surface area contributed by atoms with Crippen molar-refractivity contribution in [3.05, 3.63) is 47.0 Å². The fourth-order valence-corrected chi connectivity index (χ4v) is 4.74. The largest absolute Gasteiger partial charge is 0.338 e. The highest BCUT2D eigenvalue weighted by molar-refractivity contribution is 7.15. The molecule has 1 unspecified atom stereocenters. The molecule has 4 rings (SSSR count). The van der Waals surface area contributed by atoms with Crippen LogP contribution in [-0.2, 0) is 16.1 Å². The second kappa shape index (κ2) is 8.19. The molecule has 0 aliphatic carbocycles. The van der Waals surface area contributed by atoms with Crippen LogP contribution in [0, 0.1) is 5.92 Å². The number of carbonyl (C=O) groups is 2. The van der Waals surface area contributed by atoms with E-state index in [9.17, 15) is 9.59 Å². The molecule has 2 aliphatic rings. The van der Waals surface area contributed by atoms with E-state index in [1.165, 1.54) is 4.88 Å². The fourth-order valence-electron chi connectivity index (χ4n) is 3.75. The third-order valence-electron chi connectivity index (χ3n) is 5.30. The molecule has 3 heterocycles. The molecule has 2 aliphatic heterocycles. The van der Waals surface area contributed by atoms with E-state index in [1.54, 1.807) is 16.2 Å². The summed E-state index contributed by atoms with van der Waals surface area (Å²) in [6, 6.07) is 9.87. The van der Waals surface area contributed by atoms with Crippen LogP contribution in [0.5, 0.6) is 0 Å². The van der Waals surface area contributed by atoms with Crippen LogP contribution in [0.25, 0.3) is 0 Å². The first-order valence-corrected chi connectivity index (χ1v) is 10.3. The number of aromatic nitrogens is 1. The SMILES string of the molecule is O=C(Nc1ncc(C2CCNCC2)s1)C1CC(=O)N(Cc2ccccc2)C1. The van der Waals surface area contributed by atoms with E-state index in [0.29, 0.717) is 24.1 Å². The summed E-state index contributed by atoms with van der Waals surface area (Å²) in [5, 5.41) is 6.93. The van der Waals surface area contributed by atoms with Gasteiger partial charge in [0.15, 0.2) is 5.13 Å². The summed E-state index contributed by atoms with van der Waals surface area (Å²) in [6.07, 6.45) is 4.38. The molecule has 1 atom stereocenters. The first-order chi connectivity index (χ1) is 13.2. The van der Waals surface area contributed by atoms with Crippen molar-refractivity contribution in [2.24, 2.45) is 5.92 Å². The standard InChI is InChI=1S/C20H24N4O2S/c25-18-10-16(13-24(18)12-14-4-2-1-3-5-14)19(26)23-20-22-11-17(27-20)15-6-8-21-9-7-15/h1-5,11,15-16,21H,6-10,12-13H2,(H,22,23,26). The zero-order valence-electron chi connectivity index (χ0n) is 15.2. The molecule has 2 N–H and O–H groups in total. The Morgan fingerprint density at radius 2 is 2.04 bits per heavy atom. The third-order valence-corrected chi connectivity index (χ3v) is 6.37. The van der Waals surface area contributed by atoms with Crippen molar-refractivity contribution < 1.29 is 9.59 Å². The second-order valence-corrected chi connectivity index (χ2v) is 8.30. The lowest BCUT2D eigenvalue weighted by Gasteiger charge is -2.20. The van der Waals surface area contributed by atoms with Crippen LogP contribution in [0.15, 0.2) is 36.5 Å². The van der Waals surface area contributed by atoms with E-state index in [4.69, 9.17) is 0 Å². The number of hydrogen-bond acceptors (Lipinski definition) is 5. The van der Waals surface area contributed by atoms with E-state index in [1.807, 2.05) is 36.5 Å². The number of amides is 2. The van der Waals surface area contributed by atoms with Crippen molar-refractivity contribution >= 4 is 28.3 Å². The molecule has 6 nitrogen and oxygen atoms in total. The monoisotopic (exact) mass is 384 g/mol. The highest BCUT2D eigenvalue weighted by atomic mass is 32.1. The van der Waals surface area contributed by atoms with E-state index >= 15 is 0 Å². The maximum Gasteiger partial charge on any atom is 0.231 e. The fraction of sp³-hybridized carbons (Fsp3) is 0.450. The molecule has 0 saturated carbocycles. The van der Waals surface area contributed by atoms with Crippen LogP contribution >= 0.6 is 11.3 Å². The Kier molecular flexibility index (Phi) is 5.50. The molecule has 7 heteroatoms. The first-order valence-electron chi connectivity index (χ1n) is 9.48. The summed E-state index contributed by atoms with van der Waals surface area (Å²) >= 11 is 1.56. The lowest BCUT2D eigenvalue weighted by Crippen LogP contribution is -2.28. The molecule has 2 aromatic rings. The topological polar surface area (TPSA) is 74.3 Å². The molecule has 142 valence electrons. The number of nitrogens with zero attached hydrogens (tertiary/aromatic N) is 2. The van der Waals surface area contributed by atoms with Gasteiger partial charge in [0, 0.05) is 30.6 Å². The summed E-state index contributed by atoms with van der Waals surface area (Å²) in [7, 11) is 0. The Hall–Kier alpha value is -2.25. The number of benzene rings is 1. The maximum absolute atomic E-state index is 12.6. The van der Waals surface area contributed by atoms with E-state index in [2.05, 4.69) is 15.6 Å². The van der Waals surface area contributed by atoms with Gasteiger partial charge in [0.2, 0.25) is 11.8 Å². The second-order valence-electron chi connectivity index (χ2n) is 7.24. The quantitative estimate of drug-likeness (QED) is 0.831. The zero-order valence-corrected chi connectivity index (χ0v) is 16.0. The van der Waals surface area contributed by atoms with Gasteiger partial charge in [0.25, 0.3) is 0 Å². The Morgan fingerprint density at radius 3 is 2.81 bits per heavy atom. The van der Waals surface area contributed by atoms with Crippen molar-refractivity contribution in [3.63, 3.8) is 0 Å².